The van der Waals surface area contributed by atoms with E-state index in [1.54, 1.807) is 0 Å². The summed E-state index contributed by atoms with van der Waals surface area (Å²) in [4.78, 5) is 28.7. The molecule has 2 fully saturated rings. The molecular formula is C15H17FN2O3. The maximum Gasteiger partial charge on any atom is 0.303 e. The summed E-state index contributed by atoms with van der Waals surface area (Å²) in [6, 6.07) is 2.84. The summed E-state index contributed by atoms with van der Waals surface area (Å²) in [6.07, 6.45) is 4.71. The molecule has 0 aliphatic carbocycles. The van der Waals surface area contributed by atoms with Crippen LogP contribution in [-0.4, -0.2) is 39.0 Å². The van der Waals surface area contributed by atoms with Crippen LogP contribution >= 0.6 is 0 Å². The first-order chi connectivity index (χ1) is 10.0. The Bertz CT molecular complexity index is 564. The molecule has 0 radical (unpaired) electrons. The second-order valence-electron chi connectivity index (χ2n) is 5.90. The topological polar surface area (TPSA) is 70.5 Å². The lowest BCUT2D eigenvalue weighted by molar-refractivity contribution is -0.138. The first kappa shape index (κ1) is 14.0. The molecular weight excluding hydrogens is 275 g/mol. The van der Waals surface area contributed by atoms with Crippen molar-refractivity contribution in [1.29, 1.82) is 0 Å². The number of aliphatic carboxylic acids is 1. The van der Waals surface area contributed by atoms with Crippen molar-refractivity contribution in [2.24, 2.45) is 5.92 Å². The van der Waals surface area contributed by atoms with Gasteiger partial charge in [-0.05, 0) is 37.7 Å². The normalized spacial score (nSPS) is 27.7. The number of aromatic nitrogens is 1. The zero-order valence-electron chi connectivity index (χ0n) is 11.5. The van der Waals surface area contributed by atoms with Crippen LogP contribution in [0.15, 0.2) is 18.3 Å². The van der Waals surface area contributed by atoms with Gasteiger partial charge in [-0.25, -0.2) is 4.98 Å². The van der Waals surface area contributed by atoms with Crippen LogP contribution in [0.25, 0.3) is 0 Å². The van der Waals surface area contributed by atoms with Crippen LogP contribution in [0.2, 0.25) is 0 Å². The van der Waals surface area contributed by atoms with E-state index in [1.165, 1.54) is 12.3 Å². The van der Waals surface area contributed by atoms with Gasteiger partial charge in [0.05, 0.1) is 0 Å². The predicted octanol–water partition coefficient (Wildman–Crippen LogP) is 2.08. The van der Waals surface area contributed by atoms with Gasteiger partial charge in [0.2, 0.25) is 5.95 Å². The molecule has 0 spiro atoms. The molecule has 1 aromatic heterocycles. The third-order valence-corrected chi connectivity index (χ3v) is 4.50. The number of amides is 1. The van der Waals surface area contributed by atoms with Crippen LogP contribution in [0.4, 0.5) is 4.39 Å². The van der Waals surface area contributed by atoms with Crippen LogP contribution in [-0.2, 0) is 4.79 Å². The van der Waals surface area contributed by atoms with E-state index in [0.29, 0.717) is 5.56 Å². The lowest BCUT2D eigenvalue weighted by atomic mass is 9.88. The highest BCUT2D eigenvalue weighted by Crippen LogP contribution is 2.40. The van der Waals surface area contributed by atoms with Crippen molar-refractivity contribution >= 4 is 11.9 Å². The van der Waals surface area contributed by atoms with E-state index in [2.05, 4.69) is 4.98 Å². The number of carboxylic acid groups (broad SMARTS) is 1. The summed E-state index contributed by atoms with van der Waals surface area (Å²) in [7, 11) is 0. The van der Waals surface area contributed by atoms with E-state index in [9.17, 15) is 14.0 Å². The molecule has 1 N–H and O–H groups in total. The van der Waals surface area contributed by atoms with E-state index < -0.39 is 11.9 Å². The van der Waals surface area contributed by atoms with Gasteiger partial charge in [0, 0.05) is 36.3 Å². The number of pyridine rings is 1. The molecule has 0 aromatic carbocycles. The Labute approximate surface area is 121 Å². The minimum atomic E-state index is -0.782. The Morgan fingerprint density at radius 1 is 1.33 bits per heavy atom. The highest BCUT2D eigenvalue weighted by atomic mass is 19.1. The molecule has 3 heterocycles. The SMILES string of the molecule is O=C(O)CC1CC2CCC(C1)N2C(=O)c1ccnc(F)c1. The fraction of sp³-hybridized carbons (Fsp3) is 0.533. The van der Waals surface area contributed by atoms with Gasteiger partial charge in [0.1, 0.15) is 0 Å². The van der Waals surface area contributed by atoms with Crippen molar-refractivity contribution in [1.82, 2.24) is 9.88 Å². The molecule has 0 saturated carbocycles. The Hall–Kier alpha value is -1.98. The number of carbonyl (C=O) groups is 2. The summed E-state index contributed by atoms with van der Waals surface area (Å²) in [5.41, 5.74) is 0.316. The number of piperidine rings is 1. The molecule has 2 saturated heterocycles. The van der Waals surface area contributed by atoms with Crippen molar-refractivity contribution in [2.45, 2.75) is 44.2 Å². The van der Waals surface area contributed by atoms with Gasteiger partial charge in [-0.3, -0.25) is 9.59 Å². The molecule has 3 rings (SSSR count). The van der Waals surface area contributed by atoms with Crippen molar-refractivity contribution < 1.29 is 19.1 Å². The van der Waals surface area contributed by atoms with E-state index >= 15 is 0 Å². The van der Waals surface area contributed by atoms with E-state index in [1.807, 2.05) is 4.90 Å². The number of carboxylic acids is 1. The summed E-state index contributed by atoms with van der Waals surface area (Å²) in [5.74, 6) is -1.47. The number of fused-ring (bicyclic) bond motifs is 2. The van der Waals surface area contributed by atoms with Gasteiger partial charge in [-0.1, -0.05) is 0 Å². The molecule has 2 aliphatic heterocycles. The number of carbonyl (C=O) groups excluding carboxylic acids is 1. The summed E-state index contributed by atoms with van der Waals surface area (Å²) in [6.45, 7) is 0. The molecule has 2 atom stereocenters. The molecule has 112 valence electrons. The standard InChI is InChI=1S/C15H17FN2O3/c16-13-8-10(3-4-17-13)15(21)18-11-1-2-12(18)6-9(5-11)7-14(19)20/h3-4,8-9,11-12H,1-2,5-7H2,(H,19,20). The average molecular weight is 292 g/mol. The Morgan fingerprint density at radius 2 is 2.00 bits per heavy atom. The minimum absolute atomic E-state index is 0.0804. The van der Waals surface area contributed by atoms with Crippen LogP contribution in [0, 0.1) is 11.9 Å². The highest BCUT2D eigenvalue weighted by molar-refractivity contribution is 5.94. The van der Waals surface area contributed by atoms with Gasteiger partial charge in [-0.2, -0.15) is 4.39 Å². The monoisotopic (exact) mass is 292 g/mol. The fourth-order valence-corrected chi connectivity index (χ4v) is 3.72. The van der Waals surface area contributed by atoms with Crippen LogP contribution in [0.5, 0.6) is 0 Å². The molecule has 5 nitrogen and oxygen atoms in total. The highest BCUT2D eigenvalue weighted by Gasteiger charge is 2.43. The Balaban J connectivity index is 1.76. The second-order valence-corrected chi connectivity index (χ2v) is 5.90. The van der Waals surface area contributed by atoms with Gasteiger partial charge >= 0.3 is 5.97 Å². The average Bonchev–Trinajstić information content (AvgIpc) is 2.69. The van der Waals surface area contributed by atoms with Crippen LogP contribution < -0.4 is 0 Å². The summed E-state index contributed by atoms with van der Waals surface area (Å²) < 4.78 is 13.2. The predicted molar refractivity (Wildman–Crippen MR) is 72.2 cm³/mol. The zero-order chi connectivity index (χ0) is 15.0. The lowest BCUT2D eigenvalue weighted by Crippen LogP contribution is -2.46. The maximum absolute atomic E-state index is 13.2. The van der Waals surface area contributed by atoms with Gasteiger partial charge in [-0.15, -0.1) is 0 Å². The number of rotatable bonds is 3. The van der Waals surface area contributed by atoms with E-state index in [-0.39, 0.29) is 30.3 Å². The second kappa shape index (κ2) is 5.42. The Morgan fingerprint density at radius 3 is 2.57 bits per heavy atom. The first-order valence-corrected chi connectivity index (χ1v) is 7.20. The minimum Gasteiger partial charge on any atom is -0.481 e. The number of nitrogens with zero attached hydrogens (tertiary/aromatic N) is 2. The molecule has 2 unspecified atom stereocenters. The number of halogens is 1. The van der Waals surface area contributed by atoms with E-state index in [0.717, 1.165) is 31.7 Å². The van der Waals surface area contributed by atoms with Gasteiger partial charge in [0.15, 0.2) is 0 Å². The third-order valence-electron chi connectivity index (χ3n) is 4.50. The van der Waals surface area contributed by atoms with E-state index in [4.69, 9.17) is 5.11 Å². The fourth-order valence-electron chi connectivity index (χ4n) is 3.72. The molecule has 1 amide bonds. The van der Waals surface area contributed by atoms with Crippen LogP contribution in [0.1, 0.15) is 42.5 Å². The summed E-state index contributed by atoms with van der Waals surface area (Å²) >= 11 is 0. The smallest absolute Gasteiger partial charge is 0.303 e. The molecule has 1 aromatic rings. The number of hydrogen-bond acceptors (Lipinski definition) is 3. The maximum atomic E-state index is 13.2. The van der Waals surface area contributed by atoms with Gasteiger partial charge in [0.25, 0.3) is 5.91 Å². The zero-order valence-corrected chi connectivity index (χ0v) is 11.5. The quantitative estimate of drug-likeness (QED) is 0.866. The summed E-state index contributed by atoms with van der Waals surface area (Å²) in [5, 5.41) is 8.91. The largest absolute Gasteiger partial charge is 0.481 e. The molecule has 2 aliphatic rings. The molecule has 2 bridgehead atoms. The number of hydrogen-bond donors (Lipinski definition) is 1. The van der Waals surface area contributed by atoms with Crippen molar-refractivity contribution in [3.05, 3.63) is 29.8 Å². The third kappa shape index (κ3) is 2.75. The van der Waals surface area contributed by atoms with Crippen molar-refractivity contribution in [2.75, 3.05) is 0 Å². The van der Waals surface area contributed by atoms with Crippen molar-refractivity contribution in [3.8, 4) is 0 Å². The molecule has 21 heavy (non-hydrogen) atoms. The lowest BCUT2D eigenvalue weighted by Gasteiger charge is -2.38. The van der Waals surface area contributed by atoms with Crippen LogP contribution in [0.3, 0.4) is 0 Å². The van der Waals surface area contributed by atoms with Crippen molar-refractivity contribution in [3.63, 3.8) is 0 Å². The van der Waals surface area contributed by atoms with Gasteiger partial charge < -0.3 is 10.0 Å². The Kier molecular flexibility index (Phi) is 3.61. The molecule has 6 heteroatoms. The first-order valence-electron chi connectivity index (χ1n) is 7.20.